The van der Waals surface area contributed by atoms with Crippen molar-refractivity contribution in [2.75, 3.05) is 0 Å². The van der Waals surface area contributed by atoms with E-state index >= 15 is 0 Å². The molecule has 0 N–H and O–H groups in total. The third kappa shape index (κ3) is 3.02. The van der Waals surface area contributed by atoms with Crippen molar-refractivity contribution >= 4 is 54.9 Å². The first-order chi connectivity index (χ1) is 20.1. The summed E-state index contributed by atoms with van der Waals surface area (Å²) in [6.07, 6.45) is 5.70. The molecule has 0 bridgehead atoms. The number of para-hydroxylation sites is 3. The molecule has 1 atom stereocenters. The van der Waals surface area contributed by atoms with Crippen molar-refractivity contribution < 1.29 is 4.42 Å². The SMILES string of the molecule is CC1(C)c2ccccc2C2=CC=C(c3cccc4c3oc3cccc(-n5c6ccccc6c6ccccc65)c34)CC21. The number of allylic oxidation sites excluding steroid dienone is 4. The van der Waals surface area contributed by atoms with Gasteiger partial charge in [0.1, 0.15) is 11.2 Å². The van der Waals surface area contributed by atoms with Crippen LogP contribution in [0.4, 0.5) is 0 Å². The Kier molecular flexibility index (Phi) is 4.54. The summed E-state index contributed by atoms with van der Waals surface area (Å²) in [4.78, 5) is 0. The van der Waals surface area contributed by atoms with Gasteiger partial charge < -0.3 is 8.98 Å². The second-order valence-electron chi connectivity index (χ2n) is 12.1. The van der Waals surface area contributed by atoms with Crippen LogP contribution < -0.4 is 0 Å². The highest BCUT2D eigenvalue weighted by Crippen LogP contribution is 2.55. The van der Waals surface area contributed by atoms with Crippen molar-refractivity contribution in [3.8, 4) is 5.69 Å². The predicted octanol–water partition coefficient (Wildman–Crippen LogP) is 10.5. The summed E-state index contributed by atoms with van der Waals surface area (Å²) >= 11 is 0. The van der Waals surface area contributed by atoms with E-state index in [0.717, 1.165) is 28.7 Å². The van der Waals surface area contributed by atoms with Crippen LogP contribution in [0.3, 0.4) is 0 Å². The molecule has 7 aromatic rings. The van der Waals surface area contributed by atoms with E-state index in [4.69, 9.17) is 4.42 Å². The fraction of sp³-hybridized carbons (Fsp3) is 0.128. The Balaban J connectivity index is 1.27. The van der Waals surface area contributed by atoms with Gasteiger partial charge in [-0.05, 0) is 64.3 Å². The Hall–Kier alpha value is -4.82. The highest BCUT2D eigenvalue weighted by molar-refractivity contribution is 6.15. The van der Waals surface area contributed by atoms with Crippen molar-refractivity contribution in [1.29, 1.82) is 0 Å². The molecule has 1 unspecified atom stereocenters. The van der Waals surface area contributed by atoms with Gasteiger partial charge in [-0.15, -0.1) is 0 Å². The summed E-state index contributed by atoms with van der Waals surface area (Å²) in [5, 5.41) is 4.86. The van der Waals surface area contributed by atoms with E-state index in [-0.39, 0.29) is 5.41 Å². The van der Waals surface area contributed by atoms with Gasteiger partial charge in [0.25, 0.3) is 0 Å². The molecule has 41 heavy (non-hydrogen) atoms. The summed E-state index contributed by atoms with van der Waals surface area (Å²) in [5.41, 5.74) is 12.5. The summed E-state index contributed by atoms with van der Waals surface area (Å²) in [6.45, 7) is 4.81. The van der Waals surface area contributed by atoms with E-state index in [1.54, 1.807) is 0 Å². The Bertz CT molecular complexity index is 2220. The minimum absolute atomic E-state index is 0.0907. The number of hydrogen-bond acceptors (Lipinski definition) is 1. The number of rotatable bonds is 2. The number of furan rings is 1. The number of benzene rings is 5. The molecule has 2 aliphatic carbocycles. The molecule has 2 heterocycles. The minimum Gasteiger partial charge on any atom is -0.455 e. The molecular formula is C39H29NO. The van der Waals surface area contributed by atoms with Gasteiger partial charge in [0.2, 0.25) is 0 Å². The number of nitrogens with zero attached hydrogens (tertiary/aromatic N) is 1. The molecular weight excluding hydrogens is 498 g/mol. The largest absolute Gasteiger partial charge is 0.455 e. The summed E-state index contributed by atoms with van der Waals surface area (Å²) in [6, 6.07) is 39.5. The zero-order valence-corrected chi connectivity index (χ0v) is 23.2. The first kappa shape index (κ1) is 22.9. The van der Waals surface area contributed by atoms with Crippen molar-refractivity contribution in [1.82, 2.24) is 4.57 Å². The monoisotopic (exact) mass is 527 g/mol. The van der Waals surface area contributed by atoms with Gasteiger partial charge in [0, 0.05) is 21.7 Å². The highest BCUT2D eigenvalue weighted by atomic mass is 16.3. The van der Waals surface area contributed by atoms with Crippen LogP contribution in [-0.4, -0.2) is 4.57 Å². The van der Waals surface area contributed by atoms with Gasteiger partial charge in [-0.3, -0.25) is 0 Å². The van der Waals surface area contributed by atoms with Crippen LogP contribution in [0.1, 0.15) is 37.0 Å². The van der Waals surface area contributed by atoms with E-state index < -0.39 is 0 Å². The summed E-state index contributed by atoms with van der Waals surface area (Å²) < 4.78 is 9.15. The Morgan fingerprint density at radius 1 is 0.659 bits per heavy atom. The maximum atomic E-state index is 6.75. The Labute approximate surface area is 238 Å². The molecule has 0 aliphatic heterocycles. The lowest BCUT2D eigenvalue weighted by atomic mass is 9.72. The third-order valence-corrected chi connectivity index (χ3v) is 9.73. The maximum absolute atomic E-state index is 6.75. The molecule has 2 aromatic heterocycles. The molecule has 0 radical (unpaired) electrons. The third-order valence-electron chi connectivity index (χ3n) is 9.73. The fourth-order valence-corrected chi connectivity index (χ4v) is 7.76. The van der Waals surface area contributed by atoms with Crippen LogP contribution in [-0.2, 0) is 5.41 Å². The van der Waals surface area contributed by atoms with Crippen molar-refractivity contribution in [2.24, 2.45) is 5.92 Å². The zero-order valence-electron chi connectivity index (χ0n) is 23.2. The molecule has 9 rings (SSSR count). The molecule has 2 aliphatic rings. The van der Waals surface area contributed by atoms with Crippen LogP contribution in [0.2, 0.25) is 0 Å². The predicted molar refractivity (Wildman–Crippen MR) is 172 cm³/mol. The maximum Gasteiger partial charge on any atom is 0.142 e. The molecule has 2 heteroatoms. The van der Waals surface area contributed by atoms with E-state index in [1.165, 1.54) is 55.0 Å². The minimum atomic E-state index is 0.0907. The van der Waals surface area contributed by atoms with Crippen LogP contribution in [0, 0.1) is 5.92 Å². The van der Waals surface area contributed by atoms with Crippen LogP contribution >= 0.6 is 0 Å². The van der Waals surface area contributed by atoms with Crippen LogP contribution in [0.15, 0.2) is 126 Å². The normalized spacial score (nSPS) is 17.7. The number of hydrogen-bond donors (Lipinski definition) is 0. The molecule has 0 amide bonds. The highest BCUT2D eigenvalue weighted by Gasteiger charge is 2.43. The lowest BCUT2D eigenvalue weighted by molar-refractivity contribution is 0.418. The first-order valence-electron chi connectivity index (χ1n) is 14.5. The average molecular weight is 528 g/mol. The van der Waals surface area contributed by atoms with E-state index in [2.05, 4.69) is 140 Å². The first-order valence-corrected chi connectivity index (χ1v) is 14.5. The van der Waals surface area contributed by atoms with Crippen LogP contribution in [0.25, 0.3) is 60.6 Å². The second-order valence-corrected chi connectivity index (χ2v) is 12.1. The Morgan fingerprint density at radius 3 is 2.12 bits per heavy atom. The van der Waals surface area contributed by atoms with Crippen molar-refractivity contribution in [2.45, 2.75) is 25.7 Å². The molecule has 0 saturated heterocycles. The number of fused-ring (bicyclic) bond motifs is 9. The molecule has 196 valence electrons. The van der Waals surface area contributed by atoms with Gasteiger partial charge in [0.15, 0.2) is 0 Å². The molecule has 2 nitrogen and oxygen atoms in total. The topological polar surface area (TPSA) is 18.1 Å². The summed E-state index contributed by atoms with van der Waals surface area (Å²) in [7, 11) is 0. The van der Waals surface area contributed by atoms with E-state index in [9.17, 15) is 0 Å². The molecule has 5 aromatic carbocycles. The van der Waals surface area contributed by atoms with Gasteiger partial charge >= 0.3 is 0 Å². The van der Waals surface area contributed by atoms with Gasteiger partial charge in [-0.25, -0.2) is 0 Å². The fourth-order valence-electron chi connectivity index (χ4n) is 7.76. The van der Waals surface area contributed by atoms with Gasteiger partial charge in [0.05, 0.1) is 22.1 Å². The molecule has 0 saturated carbocycles. The standard InChI is InChI=1S/C39H29NO/c1-39(2)31-16-6-3-11-26(31)27-22-21-24(23-32(27)39)25-14-9-15-30-37-35(19-10-20-36(37)41-38(25)30)40-33-17-7-4-12-28(33)29-13-5-8-18-34(29)40/h3-22,32H,23H2,1-2H3. The smallest absolute Gasteiger partial charge is 0.142 e. The lowest BCUT2D eigenvalue weighted by Gasteiger charge is -2.31. The van der Waals surface area contributed by atoms with Gasteiger partial charge in [-0.2, -0.15) is 0 Å². The number of aromatic nitrogens is 1. The van der Waals surface area contributed by atoms with Gasteiger partial charge in [-0.1, -0.05) is 111 Å². The average Bonchev–Trinajstić information content (AvgIpc) is 3.63. The second kappa shape index (κ2) is 8.11. The van der Waals surface area contributed by atoms with E-state index in [1.807, 2.05) is 0 Å². The lowest BCUT2D eigenvalue weighted by Crippen LogP contribution is -2.24. The van der Waals surface area contributed by atoms with Crippen molar-refractivity contribution in [3.05, 3.63) is 138 Å². The van der Waals surface area contributed by atoms with E-state index in [0.29, 0.717) is 5.92 Å². The summed E-state index contributed by atoms with van der Waals surface area (Å²) in [5.74, 6) is 0.452. The zero-order chi connectivity index (χ0) is 27.3. The quantitative estimate of drug-likeness (QED) is 0.219. The molecule has 0 spiro atoms. The Morgan fingerprint density at radius 2 is 1.32 bits per heavy atom. The van der Waals surface area contributed by atoms with Crippen LogP contribution in [0.5, 0.6) is 0 Å². The molecule has 0 fully saturated rings. The van der Waals surface area contributed by atoms with Crippen molar-refractivity contribution in [3.63, 3.8) is 0 Å².